The molecule has 0 unspecified atom stereocenters. The number of hydrogen-bond donors (Lipinski definition) is 0. The summed E-state index contributed by atoms with van der Waals surface area (Å²) in [5, 5.41) is 0. The second-order valence-corrected chi connectivity index (χ2v) is 3.49. The van der Waals surface area contributed by atoms with Gasteiger partial charge in [0.15, 0.2) is 0 Å². The van der Waals surface area contributed by atoms with E-state index >= 15 is 0 Å². The molecule has 0 aliphatic heterocycles. The number of hydrogen-bond acceptors (Lipinski definition) is 0. The molecule has 0 radical (unpaired) electrons. The second-order valence-electron chi connectivity index (χ2n) is 3.49. The molecule has 0 nitrogen and oxygen atoms in total. The van der Waals surface area contributed by atoms with E-state index in [1.54, 1.807) is 25.7 Å². The lowest BCUT2D eigenvalue weighted by molar-refractivity contribution is 0.304. The monoisotopic (exact) mass is 156 g/mol. The highest BCUT2D eigenvalue weighted by atomic mass is 14.4. The van der Waals surface area contributed by atoms with Crippen LogP contribution in [0, 0.1) is 11.8 Å². The van der Waals surface area contributed by atoms with E-state index in [1.165, 1.54) is 18.3 Å². The molecule has 0 N–H and O–H groups in total. The van der Waals surface area contributed by atoms with Crippen molar-refractivity contribution in [1.29, 1.82) is 0 Å². The van der Waals surface area contributed by atoms with Gasteiger partial charge < -0.3 is 0 Å². The summed E-state index contributed by atoms with van der Waals surface area (Å²) in [5.74, 6) is 2.38. The molecule has 0 saturated heterocycles. The van der Waals surface area contributed by atoms with Gasteiger partial charge in [-0.05, 0) is 24.7 Å². The fourth-order valence-electron chi connectivity index (χ4n) is 1.82. The lowest BCUT2D eigenvalue weighted by atomic mass is 9.85. The molecule has 11 heavy (non-hydrogen) atoms. The highest BCUT2D eigenvalue weighted by molar-refractivity contribution is 4.87. The molecule has 0 atom stereocenters. The Morgan fingerprint density at radius 3 is 1.27 bits per heavy atom. The smallest absolute Gasteiger partial charge is 0.0409 e. The number of rotatable bonds is 0. The van der Waals surface area contributed by atoms with Crippen molar-refractivity contribution >= 4 is 0 Å². The normalized spacial score (nSPS) is 30.5. The zero-order valence-corrected chi connectivity index (χ0v) is 8.69. The van der Waals surface area contributed by atoms with E-state index in [0.717, 1.165) is 0 Å². The molecular weight excluding hydrogens is 132 g/mol. The molecule has 0 heteroatoms. The molecule has 3 saturated carbocycles. The third-order valence-electron chi connectivity index (χ3n) is 2.32. The average molecular weight is 156 g/mol. The maximum absolute atomic E-state index is 2.12. The van der Waals surface area contributed by atoms with Crippen molar-refractivity contribution in [3.05, 3.63) is 0 Å². The van der Waals surface area contributed by atoms with Crippen LogP contribution in [0.2, 0.25) is 0 Å². The van der Waals surface area contributed by atoms with Crippen molar-refractivity contribution in [3.63, 3.8) is 0 Å². The van der Waals surface area contributed by atoms with Gasteiger partial charge in [0.1, 0.15) is 0 Å². The quantitative estimate of drug-likeness (QED) is 0.492. The Kier molecular flexibility index (Phi) is 6.69. The Morgan fingerprint density at radius 2 is 1.18 bits per heavy atom. The van der Waals surface area contributed by atoms with Gasteiger partial charge in [-0.3, -0.25) is 0 Å². The van der Waals surface area contributed by atoms with Crippen LogP contribution in [0.5, 0.6) is 0 Å². The first-order valence-electron chi connectivity index (χ1n) is 5.36. The Bertz CT molecular complexity index is 56.6. The summed E-state index contributed by atoms with van der Waals surface area (Å²) >= 11 is 0. The van der Waals surface area contributed by atoms with Gasteiger partial charge in [0.05, 0.1) is 0 Å². The van der Waals surface area contributed by atoms with Crippen molar-refractivity contribution in [1.82, 2.24) is 0 Å². The lowest BCUT2D eigenvalue weighted by Crippen LogP contribution is -2.09. The first kappa shape index (κ1) is 11.0. The van der Waals surface area contributed by atoms with Crippen LogP contribution in [0.4, 0.5) is 0 Å². The van der Waals surface area contributed by atoms with E-state index in [0.29, 0.717) is 0 Å². The van der Waals surface area contributed by atoms with Crippen LogP contribution in [0.15, 0.2) is 0 Å². The van der Waals surface area contributed by atoms with E-state index in [4.69, 9.17) is 0 Å². The third kappa shape index (κ3) is 3.79. The zero-order chi connectivity index (χ0) is 8.69. The largest absolute Gasteiger partial charge is 0.0683 e. The molecule has 3 aliphatic carbocycles. The van der Waals surface area contributed by atoms with E-state index in [1.807, 2.05) is 13.8 Å². The fourth-order valence-corrected chi connectivity index (χ4v) is 1.82. The van der Waals surface area contributed by atoms with Crippen molar-refractivity contribution in [2.75, 3.05) is 0 Å². The first-order chi connectivity index (χ1) is 5.36. The molecule has 0 heterocycles. The van der Waals surface area contributed by atoms with Crippen LogP contribution in [0.25, 0.3) is 0 Å². The molecule has 3 rings (SSSR count). The Labute approximate surface area is 72.4 Å². The van der Waals surface area contributed by atoms with Crippen molar-refractivity contribution in [2.24, 2.45) is 11.8 Å². The van der Waals surface area contributed by atoms with Crippen LogP contribution in [-0.2, 0) is 0 Å². The molecular formula is C11H24. The Hall–Kier alpha value is 0. The van der Waals surface area contributed by atoms with Crippen molar-refractivity contribution in [2.45, 2.75) is 59.8 Å². The second kappa shape index (κ2) is 6.69. The average Bonchev–Trinajstić information content (AvgIpc) is 2.51. The molecule has 0 aromatic carbocycles. The van der Waals surface area contributed by atoms with Crippen molar-refractivity contribution in [3.8, 4) is 0 Å². The summed E-state index contributed by atoms with van der Waals surface area (Å²) in [5.41, 5.74) is 0. The zero-order valence-electron chi connectivity index (χ0n) is 8.69. The predicted molar refractivity (Wildman–Crippen MR) is 52.8 cm³/mol. The number of fused-ring (bicyclic) bond motifs is 1. The summed E-state index contributed by atoms with van der Waals surface area (Å²) in [6, 6.07) is 0. The van der Waals surface area contributed by atoms with Gasteiger partial charge in [-0.25, -0.2) is 0 Å². The van der Waals surface area contributed by atoms with Gasteiger partial charge in [-0.2, -0.15) is 0 Å². The highest BCUT2D eigenvalue weighted by Gasteiger charge is 2.35. The summed E-state index contributed by atoms with van der Waals surface area (Å²) in [6.07, 6.45) is 7.54. The minimum atomic E-state index is 1.19. The maximum atomic E-state index is 2.12. The van der Waals surface area contributed by atoms with Gasteiger partial charge in [-0.1, -0.05) is 47.0 Å². The van der Waals surface area contributed by atoms with Crippen LogP contribution in [0.1, 0.15) is 59.8 Å². The van der Waals surface area contributed by atoms with E-state index < -0.39 is 0 Å². The topological polar surface area (TPSA) is 0 Å². The third-order valence-corrected chi connectivity index (χ3v) is 2.32. The SMILES string of the molecule is C1CC2CC1C2.CC.CCC. The van der Waals surface area contributed by atoms with Crippen LogP contribution < -0.4 is 0 Å². The molecule has 0 aromatic heterocycles. The minimum Gasteiger partial charge on any atom is -0.0683 e. The lowest BCUT2D eigenvalue weighted by Gasteiger charge is -2.21. The van der Waals surface area contributed by atoms with Crippen LogP contribution in [0.3, 0.4) is 0 Å². The maximum Gasteiger partial charge on any atom is -0.0409 e. The molecule has 3 aliphatic rings. The van der Waals surface area contributed by atoms with E-state index in [-0.39, 0.29) is 0 Å². The minimum absolute atomic E-state index is 1.19. The Balaban J connectivity index is 0.000000176. The molecule has 0 spiro atoms. The van der Waals surface area contributed by atoms with Gasteiger partial charge in [0.25, 0.3) is 0 Å². The summed E-state index contributed by atoms with van der Waals surface area (Å²) in [4.78, 5) is 0. The molecule has 2 bridgehead atoms. The summed E-state index contributed by atoms with van der Waals surface area (Å²) in [6.45, 7) is 8.25. The van der Waals surface area contributed by atoms with Crippen molar-refractivity contribution < 1.29 is 0 Å². The fraction of sp³-hybridized carbons (Fsp3) is 1.00. The predicted octanol–water partition coefficient (Wildman–Crippen LogP) is 4.25. The highest BCUT2D eigenvalue weighted by Crippen LogP contribution is 2.47. The van der Waals surface area contributed by atoms with Gasteiger partial charge in [-0.15, -0.1) is 0 Å². The molecule has 0 aromatic rings. The van der Waals surface area contributed by atoms with Crippen LogP contribution >= 0.6 is 0 Å². The molecule has 3 fully saturated rings. The first-order valence-corrected chi connectivity index (χ1v) is 5.36. The van der Waals surface area contributed by atoms with Gasteiger partial charge in [0.2, 0.25) is 0 Å². The van der Waals surface area contributed by atoms with Gasteiger partial charge in [0, 0.05) is 0 Å². The Morgan fingerprint density at radius 1 is 0.909 bits per heavy atom. The van der Waals surface area contributed by atoms with Crippen LogP contribution in [-0.4, -0.2) is 0 Å². The summed E-state index contributed by atoms with van der Waals surface area (Å²) in [7, 11) is 0. The molecule has 68 valence electrons. The van der Waals surface area contributed by atoms with E-state index in [2.05, 4.69) is 13.8 Å². The van der Waals surface area contributed by atoms with Gasteiger partial charge >= 0.3 is 0 Å². The summed E-state index contributed by atoms with van der Waals surface area (Å²) < 4.78 is 0. The van der Waals surface area contributed by atoms with E-state index in [9.17, 15) is 0 Å². The standard InChI is InChI=1S/C6H10.C3H8.C2H6/c1-2-6-3-5(1)4-6;1-3-2;1-2/h5-6H,1-4H2;3H2,1-2H3;1-2H3. The molecule has 0 amide bonds.